The number of ether oxygens (including phenoxy) is 2. The molecule has 0 unspecified atom stereocenters. The van der Waals surface area contributed by atoms with Crippen LogP contribution in [0.4, 0.5) is 5.69 Å². The molecule has 2 N–H and O–H groups in total. The van der Waals surface area contributed by atoms with Crippen LogP contribution in [0.2, 0.25) is 5.02 Å². The zero-order valence-electron chi connectivity index (χ0n) is 19.0. The van der Waals surface area contributed by atoms with Crippen molar-refractivity contribution >= 4 is 69.4 Å². The molecule has 0 spiro atoms. The Hall–Kier alpha value is -3.08. The van der Waals surface area contributed by atoms with Gasteiger partial charge in [0.25, 0.3) is 11.8 Å². The van der Waals surface area contributed by atoms with Crippen LogP contribution in [0.25, 0.3) is 6.08 Å². The van der Waals surface area contributed by atoms with Crippen LogP contribution in [-0.2, 0) is 14.4 Å². The molecule has 184 valence electrons. The van der Waals surface area contributed by atoms with E-state index in [1.54, 1.807) is 36.4 Å². The standard InChI is InChI=1S/C24H23ClN2O6S2/c1-3-32-19-10-15(11-20-23(31)27(24(34)35-20)9-8-22(29)30)5-7-18(19)33-13-21(28)26-16-6-4-14(2)17(25)12-16/h4-7,10-12H,3,8-9,13H2,1-2H3,(H,26,28)(H,29,30)/b20-11-. The summed E-state index contributed by atoms with van der Waals surface area (Å²) in [6.45, 7) is 3.83. The minimum atomic E-state index is -1.00. The van der Waals surface area contributed by atoms with E-state index in [4.69, 9.17) is 38.4 Å². The average molecular weight is 535 g/mol. The van der Waals surface area contributed by atoms with Gasteiger partial charge < -0.3 is 19.9 Å². The van der Waals surface area contributed by atoms with Gasteiger partial charge in [-0.1, -0.05) is 47.7 Å². The molecule has 11 heteroatoms. The first-order valence-electron chi connectivity index (χ1n) is 10.6. The number of nitrogens with one attached hydrogen (secondary N) is 1. The van der Waals surface area contributed by atoms with E-state index in [1.807, 2.05) is 19.9 Å². The third-order valence-electron chi connectivity index (χ3n) is 4.80. The van der Waals surface area contributed by atoms with Gasteiger partial charge in [-0.25, -0.2) is 0 Å². The Labute approximate surface area is 217 Å². The molecular formula is C24H23ClN2O6S2. The fourth-order valence-electron chi connectivity index (χ4n) is 3.06. The Morgan fingerprint density at radius 2 is 1.97 bits per heavy atom. The second-order valence-corrected chi connectivity index (χ2v) is 9.50. The van der Waals surface area contributed by atoms with Crippen LogP contribution in [0.3, 0.4) is 0 Å². The molecule has 0 saturated carbocycles. The van der Waals surface area contributed by atoms with Gasteiger partial charge in [0, 0.05) is 17.3 Å². The predicted molar refractivity (Wildman–Crippen MR) is 140 cm³/mol. The molecule has 8 nitrogen and oxygen atoms in total. The Balaban J connectivity index is 1.68. The molecule has 2 aromatic carbocycles. The number of carbonyl (C=O) groups excluding carboxylic acids is 2. The molecule has 0 radical (unpaired) electrons. The lowest BCUT2D eigenvalue weighted by Gasteiger charge is -2.13. The van der Waals surface area contributed by atoms with E-state index in [0.717, 1.165) is 17.3 Å². The number of benzene rings is 2. The molecule has 0 atom stereocenters. The molecule has 1 aliphatic heterocycles. The van der Waals surface area contributed by atoms with Gasteiger partial charge in [-0.2, -0.15) is 0 Å². The highest BCUT2D eigenvalue weighted by Gasteiger charge is 2.32. The van der Waals surface area contributed by atoms with Gasteiger partial charge in [0.05, 0.1) is 17.9 Å². The number of hydrogen-bond acceptors (Lipinski definition) is 7. The topological polar surface area (TPSA) is 105 Å². The number of rotatable bonds is 10. The number of aliphatic carboxylic acids is 1. The van der Waals surface area contributed by atoms with E-state index in [0.29, 0.717) is 43.6 Å². The van der Waals surface area contributed by atoms with E-state index >= 15 is 0 Å². The van der Waals surface area contributed by atoms with E-state index in [-0.39, 0.29) is 31.4 Å². The van der Waals surface area contributed by atoms with E-state index in [1.165, 1.54) is 4.90 Å². The summed E-state index contributed by atoms with van der Waals surface area (Å²) in [5, 5.41) is 12.2. The lowest BCUT2D eigenvalue weighted by Crippen LogP contribution is -2.30. The molecule has 0 aliphatic carbocycles. The van der Waals surface area contributed by atoms with Crippen molar-refractivity contribution in [1.29, 1.82) is 0 Å². The molecule has 1 fully saturated rings. The number of hydrogen-bond donors (Lipinski definition) is 2. The summed E-state index contributed by atoms with van der Waals surface area (Å²) in [5.74, 6) is -0.922. The van der Waals surface area contributed by atoms with Crippen molar-refractivity contribution in [2.24, 2.45) is 0 Å². The summed E-state index contributed by atoms with van der Waals surface area (Å²) >= 11 is 12.4. The SMILES string of the molecule is CCOc1cc(/C=C2\SC(=S)N(CCC(=O)O)C2=O)ccc1OCC(=O)Nc1ccc(C)c(Cl)c1. The van der Waals surface area contributed by atoms with E-state index < -0.39 is 5.97 Å². The quantitative estimate of drug-likeness (QED) is 0.332. The van der Waals surface area contributed by atoms with Crippen LogP contribution in [-0.4, -0.2) is 51.9 Å². The Bertz CT molecular complexity index is 1200. The maximum atomic E-state index is 12.6. The maximum Gasteiger partial charge on any atom is 0.305 e. The number of nitrogens with zero attached hydrogens (tertiary/aromatic N) is 1. The molecule has 1 aliphatic rings. The number of thioether (sulfide) groups is 1. The molecule has 2 amide bonds. The first-order valence-corrected chi connectivity index (χ1v) is 12.2. The van der Waals surface area contributed by atoms with Crippen molar-refractivity contribution in [3.8, 4) is 11.5 Å². The number of anilines is 1. The molecule has 0 bridgehead atoms. The first-order chi connectivity index (χ1) is 16.7. The molecule has 1 saturated heterocycles. The molecule has 35 heavy (non-hydrogen) atoms. The predicted octanol–water partition coefficient (Wildman–Crippen LogP) is 4.74. The fourth-order valence-corrected chi connectivity index (χ4v) is 4.55. The third kappa shape index (κ3) is 7.20. The van der Waals surface area contributed by atoms with Gasteiger partial charge in [0.2, 0.25) is 0 Å². The first kappa shape index (κ1) is 26.5. The van der Waals surface area contributed by atoms with Gasteiger partial charge in [-0.3, -0.25) is 19.3 Å². The summed E-state index contributed by atoms with van der Waals surface area (Å²) in [7, 11) is 0. The van der Waals surface area contributed by atoms with Crippen LogP contribution < -0.4 is 14.8 Å². The van der Waals surface area contributed by atoms with Crippen LogP contribution in [0, 0.1) is 6.92 Å². The third-order valence-corrected chi connectivity index (χ3v) is 6.59. The van der Waals surface area contributed by atoms with Gasteiger partial charge >= 0.3 is 5.97 Å². The minimum absolute atomic E-state index is 0.0190. The smallest absolute Gasteiger partial charge is 0.305 e. The molecular weight excluding hydrogens is 512 g/mol. The number of carboxylic acids is 1. The van der Waals surface area contributed by atoms with Gasteiger partial charge in [-0.15, -0.1) is 0 Å². The van der Waals surface area contributed by atoms with E-state index in [2.05, 4.69) is 5.32 Å². The van der Waals surface area contributed by atoms with E-state index in [9.17, 15) is 14.4 Å². The van der Waals surface area contributed by atoms with Crippen LogP contribution in [0.5, 0.6) is 11.5 Å². The second kappa shape index (κ2) is 12.1. The Morgan fingerprint density at radius 1 is 1.20 bits per heavy atom. The summed E-state index contributed by atoms with van der Waals surface area (Å²) < 4.78 is 11.6. The summed E-state index contributed by atoms with van der Waals surface area (Å²) in [5.41, 5.74) is 2.14. The molecule has 0 aromatic heterocycles. The highest BCUT2D eigenvalue weighted by molar-refractivity contribution is 8.26. The lowest BCUT2D eigenvalue weighted by molar-refractivity contribution is -0.137. The second-order valence-electron chi connectivity index (χ2n) is 7.42. The van der Waals surface area contributed by atoms with Gasteiger partial charge in [-0.05, 0) is 55.3 Å². The van der Waals surface area contributed by atoms with Crippen molar-refractivity contribution in [2.45, 2.75) is 20.3 Å². The van der Waals surface area contributed by atoms with Crippen molar-refractivity contribution < 1.29 is 29.0 Å². The molecule has 2 aromatic rings. The Morgan fingerprint density at radius 3 is 2.66 bits per heavy atom. The molecule has 1 heterocycles. The summed E-state index contributed by atoms with van der Waals surface area (Å²) in [6.07, 6.45) is 1.46. The summed E-state index contributed by atoms with van der Waals surface area (Å²) in [4.78, 5) is 37.4. The average Bonchev–Trinajstić information content (AvgIpc) is 3.06. The molecule has 3 rings (SSSR count). The van der Waals surface area contributed by atoms with Crippen molar-refractivity contribution in [3.63, 3.8) is 0 Å². The van der Waals surface area contributed by atoms with Gasteiger partial charge in [0.1, 0.15) is 4.32 Å². The van der Waals surface area contributed by atoms with Crippen LogP contribution in [0.15, 0.2) is 41.3 Å². The van der Waals surface area contributed by atoms with Crippen LogP contribution in [0.1, 0.15) is 24.5 Å². The van der Waals surface area contributed by atoms with Crippen LogP contribution >= 0.6 is 35.6 Å². The zero-order valence-corrected chi connectivity index (χ0v) is 21.4. The number of aryl methyl sites for hydroxylation is 1. The summed E-state index contributed by atoms with van der Waals surface area (Å²) in [6, 6.07) is 10.3. The largest absolute Gasteiger partial charge is 0.490 e. The number of carboxylic acid groups (broad SMARTS) is 1. The van der Waals surface area contributed by atoms with Gasteiger partial charge in [0.15, 0.2) is 18.1 Å². The normalized spacial score (nSPS) is 14.4. The Kier molecular flexibility index (Phi) is 9.13. The highest BCUT2D eigenvalue weighted by atomic mass is 35.5. The number of thiocarbonyl (C=S) groups is 1. The van der Waals surface area contributed by atoms with Crippen molar-refractivity contribution in [2.75, 3.05) is 25.1 Å². The monoisotopic (exact) mass is 534 g/mol. The highest BCUT2D eigenvalue weighted by Crippen LogP contribution is 2.35. The minimum Gasteiger partial charge on any atom is -0.490 e. The van der Waals surface area contributed by atoms with Crippen molar-refractivity contribution in [1.82, 2.24) is 4.90 Å². The fraction of sp³-hybridized carbons (Fsp3) is 0.250. The number of carbonyl (C=O) groups is 3. The van der Waals surface area contributed by atoms with Crippen molar-refractivity contribution in [3.05, 3.63) is 57.5 Å². The zero-order chi connectivity index (χ0) is 25.5. The number of amides is 2. The maximum absolute atomic E-state index is 12.6. The lowest BCUT2D eigenvalue weighted by atomic mass is 10.2. The number of halogens is 1.